The van der Waals surface area contributed by atoms with Crippen LogP contribution >= 0.6 is 0 Å². The number of anilines is 3. The number of fused-ring (bicyclic) bond motifs is 11. The van der Waals surface area contributed by atoms with Crippen molar-refractivity contribution in [3.63, 3.8) is 0 Å². The van der Waals surface area contributed by atoms with Gasteiger partial charge in [-0.1, -0.05) is 53.6 Å². The third-order valence-corrected chi connectivity index (χ3v) is 8.03. The van der Waals surface area contributed by atoms with Crippen molar-refractivity contribution in [3.8, 4) is 33.5 Å². The van der Waals surface area contributed by atoms with Crippen LogP contribution in [0, 0.1) is 25.7 Å². The Balaban J connectivity index is 0.00000276. The van der Waals surface area contributed by atoms with Crippen molar-refractivity contribution < 1.29 is 20.4 Å². The van der Waals surface area contributed by atoms with Crippen LogP contribution in [0.2, 0.25) is 0 Å². The van der Waals surface area contributed by atoms with E-state index >= 15 is 0 Å². The first-order chi connectivity index (χ1) is 19.6. The molecular weight excluding hydrogens is 596 g/mol. The molecule has 0 spiro atoms. The van der Waals surface area contributed by atoms with Crippen LogP contribution in [0.5, 0.6) is 0 Å². The molecule has 4 aromatic carbocycles. The monoisotopic (exact) mass is 620 g/mol. The van der Waals surface area contributed by atoms with Gasteiger partial charge in [-0.3, -0.25) is 0 Å². The number of aryl methyl sites for hydroxylation is 1. The van der Waals surface area contributed by atoms with Crippen LogP contribution in [-0.4, -0.2) is 29.7 Å². The molecule has 7 heteroatoms. The van der Waals surface area contributed by atoms with Gasteiger partial charge in [0, 0.05) is 38.0 Å². The summed E-state index contributed by atoms with van der Waals surface area (Å²) in [5.41, 5.74) is 13.5. The van der Waals surface area contributed by atoms with Crippen molar-refractivity contribution in [1.82, 2.24) is 9.99 Å². The number of hydrogen-bond donors (Lipinski definition) is 0. The van der Waals surface area contributed by atoms with Crippen LogP contribution in [0.15, 0.2) is 96.2 Å². The van der Waals surface area contributed by atoms with Gasteiger partial charge in [-0.15, -0.1) is 58.8 Å². The average Bonchev–Trinajstić information content (AvgIpc) is 3.33. The zero-order valence-electron chi connectivity index (χ0n) is 22.9. The van der Waals surface area contributed by atoms with Crippen molar-refractivity contribution in [1.29, 1.82) is 0 Å². The van der Waals surface area contributed by atoms with Crippen molar-refractivity contribution >= 4 is 40.7 Å². The fourth-order valence-electron chi connectivity index (χ4n) is 6.31. The smallest absolute Gasteiger partial charge is 0.285 e. The van der Waals surface area contributed by atoms with E-state index in [4.69, 9.17) is 0 Å². The summed E-state index contributed by atoms with van der Waals surface area (Å²) in [7, 11) is 1.95. The molecule has 3 aliphatic rings. The van der Waals surface area contributed by atoms with E-state index in [2.05, 4.69) is 118 Å². The maximum atomic E-state index is 4.69. The molecule has 0 aliphatic carbocycles. The van der Waals surface area contributed by atoms with Gasteiger partial charge in [0.05, 0.1) is 5.84 Å². The Bertz CT molecular complexity index is 1870. The number of benzene rings is 4. The molecule has 3 aliphatic heterocycles. The molecule has 5 nitrogen and oxygen atoms in total. The van der Waals surface area contributed by atoms with E-state index in [-0.39, 0.29) is 27.3 Å². The Morgan fingerprint density at radius 2 is 1.41 bits per heavy atom. The number of hydrogen-bond acceptors (Lipinski definition) is 5. The molecular formula is C34H25BN5Pd-3. The van der Waals surface area contributed by atoms with Gasteiger partial charge in [0.15, 0.2) is 0 Å². The van der Waals surface area contributed by atoms with Gasteiger partial charge in [-0.2, -0.15) is 22.7 Å². The van der Waals surface area contributed by atoms with E-state index in [1.165, 1.54) is 39.2 Å². The second-order valence-corrected chi connectivity index (χ2v) is 10.6. The van der Waals surface area contributed by atoms with E-state index in [0.717, 1.165) is 33.7 Å². The number of amidine groups is 1. The van der Waals surface area contributed by atoms with E-state index in [1.54, 1.807) is 0 Å². The molecule has 0 bridgehead atoms. The third-order valence-electron chi connectivity index (χ3n) is 8.03. The first kappa shape index (κ1) is 25.8. The van der Waals surface area contributed by atoms with Crippen LogP contribution in [0.3, 0.4) is 0 Å². The Kier molecular flexibility index (Phi) is 6.12. The molecule has 0 unspecified atom stereocenters. The number of rotatable bonds is 2. The number of aromatic nitrogens is 1. The minimum Gasteiger partial charge on any atom is -0.481 e. The molecule has 0 atom stereocenters. The molecule has 0 saturated carbocycles. The molecule has 0 radical (unpaired) electrons. The SMILES string of the molecule is CC1=NN(C)[CH-]N1c1[c-]c2c(cc1)-c1ccccc1N1B2c2[c-]c(-c3cc(C)ccn3)ccc2-c2ccccc21.[Pd]. The topological polar surface area (TPSA) is 35.0 Å². The predicted molar refractivity (Wildman–Crippen MR) is 164 cm³/mol. The van der Waals surface area contributed by atoms with E-state index < -0.39 is 0 Å². The first-order valence-corrected chi connectivity index (χ1v) is 13.5. The Morgan fingerprint density at radius 1 is 0.756 bits per heavy atom. The number of para-hydroxylation sites is 2. The van der Waals surface area contributed by atoms with Crippen LogP contribution < -0.4 is 20.6 Å². The number of pyridine rings is 1. The van der Waals surface area contributed by atoms with Gasteiger partial charge in [0.25, 0.3) is 6.85 Å². The molecule has 4 heterocycles. The molecule has 8 rings (SSSR count). The summed E-state index contributed by atoms with van der Waals surface area (Å²) in [4.78, 5) is 9.26. The maximum Gasteiger partial charge on any atom is 0.285 e. The zero-order valence-corrected chi connectivity index (χ0v) is 24.4. The number of hydrazone groups is 1. The van der Waals surface area contributed by atoms with Gasteiger partial charge in [-0.25, -0.2) is 0 Å². The van der Waals surface area contributed by atoms with Crippen LogP contribution in [-0.2, 0) is 20.4 Å². The quantitative estimate of drug-likeness (QED) is 0.186. The zero-order chi connectivity index (χ0) is 27.0. The van der Waals surface area contributed by atoms with Crippen LogP contribution in [0.25, 0.3) is 33.5 Å². The summed E-state index contributed by atoms with van der Waals surface area (Å²) >= 11 is 0. The van der Waals surface area contributed by atoms with Gasteiger partial charge in [-0.05, 0) is 50.4 Å². The summed E-state index contributed by atoms with van der Waals surface area (Å²) in [6.07, 6.45) is 1.87. The maximum absolute atomic E-state index is 4.69. The summed E-state index contributed by atoms with van der Waals surface area (Å²) < 4.78 is 0. The molecule has 5 aromatic rings. The van der Waals surface area contributed by atoms with Crippen LogP contribution in [0.1, 0.15) is 12.5 Å². The van der Waals surface area contributed by atoms with Crippen molar-refractivity contribution in [2.24, 2.45) is 5.10 Å². The van der Waals surface area contributed by atoms with Crippen molar-refractivity contribution in [2.45, 2.75) is 13.8 Å². The molecule has 0 saturated heterocycles. The minimum absolute atomic E-state index is 0. The third kappa shape index (κ3) is 3.95. The first-order valence-electron chi connectivity index (χ1n) is 13.5. The predicted octanol–water partition coefficient (Wildman–Crippen LogP) is 5.76. The second-order valence-electron chi connectivity index (χ2n) is 10.6. The van der Waals surface area contributed by atoms with E-state index in [9.17, 15) is 0 Å². The van der Waals surface area contributed by atoms with Gasteiger partial charge in [0.1, 0.15) is 0 Å². The van der Waals surface area contributed by atoms with Crippen molar-refractivity contribution in [3.05, 3.63) is 115 Å². The summed E-state index contributed by atoms with van der Waals surface area (Å²) in [5, 5.41) is 6.41. The molecule has 41 heavy (non-hydrogen) atoms. The van der Waals surface area contributed by atoms with Gasteiger partial charge >= 0.3 is 0 Å². The Morgan fingerprint density at radius 3 is 2.07 bits per heavy atom. The summed E-state index contributed by atoms with van der Waals surface area (Å²) in [6.45, 7) is 6.03. The Hall–Kier alpha value is -4.17. The molecule has 0 amide bonds. The van der Waals surface area contributed by atoms with Crippen LogP contribution in [0.4, 0.5) is 17.1 Å². The molecule has 202 valence electrons. The normalized spacial score (nSPS) is 14.4. The largest absolute Gasteiger partial charge is 0.481 e. The van der Waals surface area contributed by atoms with Crippen molar-refractivity contribution in [2.75, 3.05) is 16.8 Å². The minimum atomic E-state index is -0.0999. The summed E-state index contributed by atoms with van der Waals surface area (Å²) in [5.74, 6) is 0.917. The average molecular weight is 621 g/mol. The fourth-order valence-corrected chi connectivity index (χ4v) is 6.31. The fraction of sp³-hybridized carbons (Fsp3) is 0.0882. The second kappa shape index (κ2) is 9.73. The molecule has 0 N–H and O–H groups in total. The number of nitrogens with zero attached hydrogens (tertiary/aromatic N) is 5. The Labute approximate surface area is 254 Å². The van der Waals surface area contributed by atoms with Gasteiger partial charge < -0.3 is 19.7 Å². The van der Waals surface area contributed by atoms with Gasteiger partial charge in [0.2, 0.25) is 0 Å². The van der Waals surface area contributed by atoms with E-state index in [1.807, 2.05) is 37.9 Å². The summed E-state index contributed by atoms with van der Waals surface area (Å²) in [6, 6.07) is 38.0. The van der Waals surface area contributed by atoms with E-state index in [0.29, 0.717) is 0 Å². The molecule has 1 aromatic heterocycles. The standard InChI is InChI=1S/C34H25BN5.Pd/c1-22-16-17-36-32(18-22)24-12-14-26-28-8-4-6-10-33(28)40-34-11-7-5-9-29(34)27-15-13-25(39-21-38(3)37-23(39)2)20-31(27)35(40)30(26)19-24;/h4-18,21H,1-3H3;/q-3;. The molecule has 0 fully saturated rings.